The highest BCUT2D eigenvalue weighted by Gasteiger charge is 2.10. The van der Waals surface area contributed by atoms with Crippen LogP contribution in [-0.2, 0) is 6.54 Å². The second-order valence-corrected chi connectivity index (χ2v) is 4.28. The van der Waals surface area contributed by atoms with E-state index in [1.54, 1.807) is 18.3 Å². The van der Waals surface area contributed by atoms with Crippen molar-refractivity contribution in [3.63, 3.8) is 0 Å². The molecule has 5 heteroatoms. The average molecular weight is 244 g/mol. The van der Waals surface area contributed by atoms with Gasteiger partial charge in [-0.1, -0.05) is 6.07 Å². The van der Waals surface area contributed by atoms with Gasteiger partial charge in [-0.15, -0.1) is 0 Å². The second kappa shape index (κ2) is 4.91. The lowest BCUT2D eigenvalue weighted by Gasteiger charge is -2.08. The van der Waals surface area contributed by atoms with E-state index in [9.17, 15) is 4.79 Å². The number of benzene rings is 1. The highest BCUT2D eigenvalue weighted by molar-refractivity contribution is 5.96. The Labute approximate surface area is 105 Å². The topological polar surface area (TPSA) is 83.8 Å². The number of aryl methyl sites for hydroxylation is 2. The van der Waals surface area contributed by atoms with Gasteiger partial charge in [0.15, 0.2) is 0 Å². The minimum atomic E-state index is -0.125. The summed E-state index contributed by atoms with van der Waals surface area (Å²) in [6, 6.07) is 5.31. The smallest absolute Gasteiger partial charge is 0.251 e. The molecular formula is C13H16N4O. The van der Waals surface area contributed by atoms with E-state index in [0.717, 1.165) is 16.8 Å². The molecule has 0 aliphatic carbocycles. The van der Waals surface area contributed by atoms with Crippen LogP contribution in [0.25, 0.3) is 0 Å². The number of nitrogen functional groups attached to an aromatic ring is 1. The Morgan fingerprint density at radius 2 is 2.22 bits per heavy atom. The summed E-state index contributed by atoms with van der Waals surface area (Å²) < 4.78 is 0. The molecule has 1 amide bonds. The number of carbonyl (C=O) groups excluding carboxylic acids is 1. The standard InChI is InChI=1S/C13H16N4O/c1-8-3-4-11(14)5-12(8)13(18)15-6-10-7-16-17-9(10)2/h3-5,7H,6,14H2,1-2H3,(H,15,18)(H,16,17). The Bertz CT molecular complexity index is 574. The third kappa shape index (κ3) is 2.51. The number of anilines is 1. The molecule has 2 aromatic rings. The van der Waals surface area contributed by atoms with Crippen molar-refractivity contribution in [2.24, 2.45) is 0 Å². The third-order valence-electron chi connectivity index (χ3n) is 2.88. The predicted molar refractivity (Wildman–Crippen MR) is 70.1 cm³/mol. The van der Waals surface area contributed by atoms with Gasteiger partial charge in [0.25, 0.3) is 5.91 Å². The number of hydrogen-bond donors (Lipinski definition) is 3. The Hall–Kier alpha value is -2.30. The molecule has 1 aromatic heterocycles. The van der Waals surface area contributed by atoms with Gasteiger partial charge in [0, 0.05) is 29.1 Å². The number of nitrogens with zero attached hydrogens (tertiary/aromatic N) is 1. The van der Waals surface area contributed by atoms with Crippen LogP contribution in [0.2, 0.25) is 0 Å². The van der Waals surface area contributed by atoms with Gasteiger partial charge in [-0.05, 0) is 31.5 Å². The number of nitrogens with one attached hydrogen (secondary N) is 2. The Morgan fingerprint density at radius 3 is 2.89 bits per heavy atom. The minimum Gasteiger partial charge on any atom is -0.399 e. The number of H-pyrrole nitrogens is 1. The van der Waals surface area contributed by atoms with Gasteiger partial charge in [0.1, 0.15) is 0 Å². The number of amides is 1. The van der Waals surface area contributed by atoms with Gasteiger partial charge in [0.05, 0.1) is 6.20 Å². The van der Waals surface area contributed by atoms with Gasteiger partial charge >= 0.3 is 0 Å². The molecule has 0 fully saturated rings. The number of rotatable bonds is 3. The van der Waals surface area contributed by atoms with E-state index in [1.165, 1.54) is 0 Å². The van der Waals surface area contributed by atoms with E-state index in [-0.39, 0.29) is 5.91 Å². The van der Waals surface area contributed by atoms with E-state index in [4.69, 9.17) is 5.73 Å². The van der Waals surface area contributed by atoms with Crippen molar-refractivity contribution < 1.29 is 4.79 Å². The van der Waals surface area contributed by atoms with Crippen LogP contribution >= 0.6 is 0 Å². The number of hydrogen-bond acceptors (Lipinski definition) is 3. The quantitative estimate of drug-likeness (QED) is 0.716. The number of carbonyl (C=O) groups is 1. The molecule has 18 heavy (non-hydrogen) atoms. The zero-order valence-electron chi connectivity index (χ0n) is 10.4. The molecule has 2 rings (SSSR count). The van der Waals surface area contributed by atoms with Gasteiger partial charge in [-0.2, -0.15) is 5.10 Å². The summed E-state index contributed by atoms with van der Waals surface area (Å²) >= 11 is 0. The van der Waals surface area contributed by atoms with E-state index in [2.05, 4.69) is 15.5 Å². The fraction of sp³-hybridized carbons (Fsp3) is 0.231. The molecule has 0 radical (unpaired) electrons. The maximum Gasteiger partial charge on any atom is 0.251 e. The summed E-state index contributed by atoms with van der Waals surface area (Å²) in [5.41, 5.74) is 9.72. The SMILES string of the molecule is Cc1ccc(N)cc1C(=O)NCc1cn[nH]c1C. The molecule has 5 nitrogen and oxygen atoms in total. The average Bonchev–Trinajstić information content (AvgIpc) is 2.75. The lowest BCUT2D eigenvalue weighted by atomic mass is 10.1. The van der Waals surface area contributed by atoms with Crippen molar-refractivity contribution in [2.45, 2.75) is 20.4 Å². The van der Waals surface area contributed by atoms with Crippen LogP contribution in [0.5, 0.6) is 0 Å². The zero-order chi connectivity index (χ0) is 13.1. The maximum atomic E-state index is 12.0. The molecule has 0 aliphatic rings. The molecule has 0 spiro atoms. The van der Waals surface area contributed by atoms with Crippen molar-refractivity contribution in [3.05, 3.63) is 46.8 Å². The predicted octanol–water partition coefficient (Wildman–Crippen LogP) is 1.54. The fourth-order valence-corrected chi connectivity index (χ4v) is 1.71. The van der Waals surface area contributed by atoms with E-state index < -0.39 is 0 Å². The highest BCUT2D eigenvalue weighted by Crippen LogP contribution is 2.12. The first-order chi connectivity index (χ1) is 8.58. The molecule has 0 atom stereocenters. The fourth-order valence-electron chi connectivity index (χ4n) is 1.71. The second-order valence-electron chi connectivity index (χ2n) is 4.28. The van der Waals surface area contributed by atoms with E-state index in [0.29, 0.717) is 17.8 Å². The molecule has 4 N–H and O–H groups in total. The molecular weight excluding hydrogens is 228 g/mol. The van der Waals surface area contributed by atoms with E-state index in [1.807, 2.05) is 19.9 Å². The highest BCUT2D eigenvalue weighted by atomic mass is 16.1. The summed E-state index contributed by atoms with van der Waals surface area (Å²) in [5, 5.41) is 9.59. The van der Waals surface area contributed by atoms with Gasteiger partial charge in [-0.25, -0.2) is 0 Å². The largest absolute Gasteiger partial charge is 0.399 e. The Morgan fingerprint density at radius 1 is 1.44 bits per heavy atom. The summed E-state index contributed by atoms with van der Waals surface area (Å²) in [7, 11) is 0. The van der Waals surface area contributed by atoms with Crippen molar-refractivity contribution in [1.29, 1.82) is 0 Å². The molecule has 0 aliphatic heterocycles. The van der Waals surface area contributed by atoms with Gasteiger partial charge in [-0.3, -0.25) is 9.89 Å². The Kier molecular flexibility index (Phi) is 3.32. The first-order valence-electron chi connectivity index (χ1n) is 5.71. The van der Waals surface area contributed by atoms with Crippen LogP contribution < -0.4 is 11.1 Å². The maximum absolute atomic E-state index is 12.0. The lowest BCUT2D eigenvalue weighted by Crippen LogP contribution is -2.23. The molecule has 0 unspecified atom stereocenters. The van der Waals surface area contributed by atoms with Gasteiger partial charge in [0.2, 0.25) is 0 Å². The summed E-state index contributed by atoms with van der Waals surface area (Å²) in [6.45, 7) is 4.26. The van der Waals surface area contributed by atoms with Crippen LogP contribution in [0.3, 0.4) is 0 Å². The van der Waals surface area contributed by atoms with Crippen LogP contribution in [0.15, 0.2) is 24.4 Å². The third-order valence-corrected chi connectivity index (χ3v) is 2.88. The van der Waals surface area contributed by atoms with Crippen LogP contribution in [0, 0.1) is 13.8 Å². The number of aromatic amines is 1. The van der Waals surface area contributed by atoms with Crippen molar-refractivity contribution in [1.82, 2.24) is 15.5 Å². The number of nitrogens with two attached hydrogens (primary N) is 1. The number of aromatic nitrogens is 2. The molecule has 0 saturated carbocycles. The molecule has 94 valence electrons. The summed E-state index contributed by atoms with van der Waals surface area (Å²) in [5.74, 6) is -0.125. The van der Waals surface area contributed by atoms with Crippen molar-refractivity contribution in [2.75, 3.05) is 5.73 Å². The zero-order valence-corrected chi connectivity index (χ0v) is 10.4. The van der Waals surface area contributed by atoms with Crippen molar-refractivity contribution >= 4 is 11.6 Å². The van der Waals surface area contributed by atoms with Crippen LogP contribution in [0.1, 0.15) is 27.2 Å². The molecule has 1 heterocycles. The normalized spacial score (nSPS) is 10.3. The van der Waals surface area contributed by atoms with Crippen molar-refractivity contribution in [3.8, 4) is 0 Å². The molecule has 0 saturated heterocycles. The minimum absolute atomic E-state index is 0.125. The monoisotopic (exact) mass is 244 g/mol. The van der Waals surface area contributed by atoms with Gasteiger partial charge < -0.3 is 11.1 Å². The van der Waals surface area contributed by atoms with Crippen LogP contribution in [-0.4, -0.2) is 16.1 Å². The summed E-state index contributed by atoms with van der Waals surface area (Å²) in [4.78, 5) is 12.0. The van der Waals surface area contributed by atoms with E-state index >= 15 is 0 Å². The molecule has 0 bridgehead atoms. The lowest BCUT2D eigenvalue weighted by molar-refractivity contribution is 0.0950. The first-order valence-corrected chi connectivity index (χ1v) is 5.71. The summed E-state index contributed by atoms with van der Waals surface area (Å²) in [6.07, 6.45) is 1.71. The Balaban J connectivity index is 2.08. The first kappa shape index (κ1) is 12.2. The van der Waals surface area contributed by atoms with Crippen LogP contribution in [0.4, 0.5) is 5.69 Å². The molecule has 1 aromatic carbocycles.